The van der Waals surface area contributed by atoms with Gasteiger partial charge in [0.2, 0.25) is 0 Å². The molecule has 1 heteroatoms. The van der Waals surface area contributed by atoms with Gasteiger partial charge in [-0.3, -0.25) is 0 Å². The maximum absolute atomic E-state index is 2.47. The van der Waals surface area contributed by atoms with Crippen LogP contribution in [-0.2, 0) is 5.41 Å². The first kappa shape index (κ1) is 15.0. The predicted molar refractivity (Wildman–Crippen MR) is 117 cm³/mol. The summed E-state index contributed by atoms with van der Waals surface area (Å²) in [5.74, 6) is 0. The van der Waals surface area contributed by atoms with E-state index in [1.54, 1.807) is 0 Å². The third-order valence-corrected chi connectivity index (χ3v) is 6.07. The van der Waals surface area contributed by atoms with E-state index in [4.69, 9.17) is 0 Å². The minimum absolute atomic E-state index is 0.151. The van der Waals surface area contributed by atoms with Gasteiger partial charge in [0.05, 0.1) is 16.6 Å². The summed E-state index contributed by atoms with van der Waals surface area (Å²) in [6.45, 7) is 6.85. The molecule has 1 nitrogen and oxygen atoms in total. The van der Waals surface area contributed by atoms with Gasteiger partial charge in [-0.15, -0.1) is 0 Å². The van der Waals surface area contributed by atoms with Crippen LogP contribution >= 0.6 is 0 Å². The Balaban J connectivity index is 1.90. The number of hydrogen-bond donors (Lipinski definition) is 0. The maximum atomic E-state index is 2.47. The van der Waals surface area contributed by atoms with Crippen molar-refractivity contribution >= 4 is 48.9 Å². The minimum Gasteiger partial charge on any atom is -0.308 e. The fourth-order valence-corrected chi connectivity index (χ4v) is 4.72. The van der Waals surface area contributed by atoms with Gasteiger partial charge in [-0.05, 0) is 39.9 Å². The Labute approximate surface area is 158 Å². The molecule has 27 heavy (non-hydrogen) atoms. The molecule has 0 amide bonds. The second-order valence-corrected chi connectivity index (χ2v) is 8.70. The van der Waals surface area contributed by atoms with E-state index in [0.717, 1.165) is 0 Å². The van der Waals surface area contributed by atoms with Crippen molar-refractivity contribution < 1.29 is 0 Å². The van der Waals surface area contributed by atoms with E-state index in [9.17, 15) is 0 Å². The lowest BCUT2D eigenvalue weighted by Crippen LogP contribution is -2.10. The molecule has 0 spiro atoms. The van der Waals surface area contributed by atoms with E-state index in [1.807, 2.05) is 0 Å². The summed E-state index contributed by atoms with van der Waals surface area (Å²) in [5, 5.41) is 8.08. The van der Waals surface area contributed by atoms with Crippen molar-refractivity contribution in [2.24, 2.45) is 0 Å². The highest BCUT2D eigenvalue weighted by Gasteiger charge is 2.20. The summed E-state index contributed by atoms with van der Waals surface area (Å²) in [5.41, 5.74) is 5.50. The van der Waals surface area contributed by atoms with E-state index in [-0.39, 0.29) is 5.41 Å². The van der Waals surface area contributed by atoms with Crippen molar-refractivity contribution in [2.45, 2.75) is 26.2 Å². The van der Waals surface area contributed by atoms with E-state index in [0.29, 0.717) is 0 Å². The molecular formula is C26H21N. The summed E-state index contributed by atoms with van der Waals surface area (Å²) in [6.07, 6.45) is 0. The summed E-state index contributed by atoms with van der Waals surface area (Å²) in [4.78, 5) is 0. The van der Waals surface area contributed by atoms with Crippen molar-refractivity contribution in [1.82, 2.24) is 4.40 Å². The Hall–Kier alpha value is -3.06. The normalized spacial score (nSPS) is 13.0. The molecule has 0 atom stereocenters. The first-order chi connectivity index (χ1) is 13.0. The molecule has 6 rings (SSSR count). The molecule has 0 fully saturated rings. The van der Waals surface area contributed by atoms with Gasteiger partial charge in [0.15, 0.2) is 0 Å². The fraction of sp³-hybridized carbons (Fsp3) is 0.154. The predicted octanol–water partition coefficient (Wildman–Crippen LogP) is 7.29. The van der Waals surface area contributed by atoms with Gasteiger partial charge in [0.1, 0.15) is 0 Å². The lowest BCUT2D eigenvalue weighted by molar-refractivity contribution is 0.591. The quantitative estimate of drug-likeness (QED) is 0.272. The summed E-state index contributed by atoms with van der Waals surface area (Å²) in [6, 6.07) is 27.0. The highest BCUT2D eigenvalue weighted by molar-refractivity contribution is 6.28. The highest BCUT2D eigenvalue weighted by atomic mass is 14.9. The Bertz CT molecular complexity index is 1490. The van der Waals surface area contributed by atoms with Crippen molar-refractivity contribution in [3.05, 3.63) is 78.4 Å². The van der Waals surface area contributed by atoms with Crippen LogP contribution in [0.15, 0.2) is 72.8 Å². The minimum atomic E-state index is 0.151. The topological polar surface area (TPSA) is 4.41 Å². The smallest absolute Gasteiger partial charge is 0.0620 e. The average molecular weight is 347 g/mol. The lowest BCUT2D eigenvalue weighted by atomic mass is 9.86. The molecule has 0 saturated carbocycles. The zero-order valence-corrected chi connectivity index (χ0v) is 15.9. The zero-order valence-electron chi connectivity index (χ0n) is 15.9. The van der Waals surface area contributed by atoms with Gasteiger partial charge in [0.25, 0.3) is 0 Å². The Morgan fingerprint density at radius 3 is 2.22 bits per heavy atom. The van der Waals surface area contributed by atoms with Crippen molar-refractivity contribution in [3.63, 3.8) is 0 Å². The van der Waals surface area contributed by atoms with Crippen LogP contribution in [0.2, 0.25) is 0 Å². The van der Waals surface area contributed by atoms with Gasteiger partial charge >= 0.3 is 0 Å². The molecule has 0 radical (unpaired) electrons. The third-order valence-electron chi connectivity index (χ3n) is 6.07. The first-order valence-electron chi connectivity index (χ1n) is 9.64. The molecule has 0 aliphatic rings. The van der Waals surface area contributed by atoms with Crippen LogP contribution in [0.3, 0.4) is 0 Å². The molecular weight excluding hydrogens is 326 g/mol. The molecule has 0 saturated heterocycles. The highest BCUT2D eigenvalue weighted by Crippen LogP contribution is 2.42. The van der Waals surface area contributed by atoms with Crippen LogP contribution in [0, 0.1) is 0 Å². The van der Waals surface area contributed by atoms with Gasteiger partial charge in [-0.25, -0.2) is 0 Å². The summed E-state index contributed by atoms with van der Waals surface area (Å²) in [7, 11) is 0. The Morgan fingerprint density at radius 2 is 1.37 bits per heavy atom. The standard InChI is InChI=1S/C26H21N/c1-26(2,3)17-12-14-22-21(15-17)19-9-6-10-20-24-18-8-5-4-7-16(18)11-13-23(24)27(22)25(19)20/h4-15H,1-3H3. The maximum Gasteiger partial charge on any atom is 0.0620 e. The average Bonchev–Trinajstić information content (AvgIpc) is 3.18. The molecule has 2 aromatic heterocycles. The van der Waals surface area contributed by atoms with E-state index >= 15 is 0 Å². The molecule has 0 unspecified atom stereocenters. The second-order valence-electron chi connectivity index (χ2n) is 8.70. The van der Waals surface area contributed by atoms with Crippen molar-refractivity contribution in [2.75, 3.05) is 0 Å². The van der Waals surface area contributed by atoms with Crippen molar-refractivity contribution in [3.8, 4) is 0 Å². The molecule has 0 bridgehead atoms. The molecule has 0 aliphatic heterocycles. The van der Waals surface area contributed by atoms with Gasteiger partial charge in [-0.2, -0.15) is 0 Å². The summed E-state index contributed by atoms with van der Waals surface area (Å²) >= 11 is 0. The van der Waals surface area contributed by atoms with Crippen LogP contribution in [-0.4, -0.2) is 4.40 Å². The molecule has 130 valence electrons. The molecule has 0 N–H and O–H groups in total. The van der Waals surface area contributed by atoms with Crippen LogP contribution < -0.4 is 0 Å². The second kappa shape index (κ2) is 4.80. The van der Waals surface area contributed by atoms with Gasteiger partial charge in [0, 0.05) is 21.5 Å². The number of hydrogen-bond acceptors (Lipinski definition) is 0. The zero-order chi connectivity index (χ0) is 18.3. The van der Waals surface area contributed by atoms with E-state index < -0.39 is 0 Å². The molecule has 0 aliphatic carbocycles. The molecule has 2 heterocycles. The Kier molecular flexibility index (Phi) is 2.68. The summed E-state index contributed by atoms with van der Waals surface area (Å²) < 4.78 is 2.47. The third kappa shape index (κ3) is 1.84. The van der Waals surface area contributed by atoms with Crippen LogP contribution in [0.25, 0.3) is 48.9 Å². The number of benzene rings is 4. The number of rotatable bonds is 0. The van der Waals surface area contributed by atoms with Gasteiger partial charge < -0.3 is 4.40 Å². The van der Waals surface area contributed by atoms with Crippen molar-refractivity contribution in [1.29, 1.82) is 0 Å². The number of para-hydroxylation sites is 1. The number of nitrogens with zero attached hydrogens (tertiary/aromatic N) is 1. The fourth-order valence-electron chi connectivity index (χ4n) is 4.72. The van der Waals surface area contributed by atoms with Gasteiger partial charge in [-0.1, -0.05) is 75.4 Å². The van der Waals surface area contributed by atoms with Crippen LogP contribution in [0.1, 0.15) is 26.3 Å². The molecule has 4 aromatic carbocycles. The lowest BCUT2D eigenvalue weighted by Gasteiger charge is -2.19. The van der Waals surface area contributed by atoms with Crippen LogP contribution in [0.5, 0.6) is 0 Å². The van der Waals surface area contributed by atoms with Crippen LogP contribution in [0.4, 0.5) is 0 Å². The Morgan fingerprint density at radius 1 is 0.630 bits per heavy atom. The van der Waals surface area contributed by atoms with E-state index in [1.165, 1.54) is 54.4 Å². The molecule has 6 aromatic rings. The number of fused-ring (bicyclic) bond motifs is 8. The SMILES string of the molecule is CC(C)(C)c1ccc2c(c1)c1cccc3c4c5ccccc5ccc4n2c13. The monoisotopic (exact) mass is 347 g/mol. The first-order valence-corrected chi connectivity index (χ1v) is 9.64. The number of aromatic nitrogens is 1. The van der Waals surface area contributed by atoms with E-state index in [2.05, 4.69) is 98.0 Å². The largest absolute Gasteiger partial charge is 0.308 e.